The maximum atomic E-state index is 11.8. The van der Waals surface area contributed by atoms with Crippen LogP contribution in [0.3, 0.4) is 0 Å². The average Bonchev–Trinajstić information content (AvgIpc) is 2.42. The first-order valence-corrected chi connectivity index (χ1v) is 6.67. The summed E-state index contributed by atoms with van der Waals surface area (Å²) >= 11 is 1.42. The van der Waals surface area contributed by atoms with Crippen LogP contribution in [0.15, 0.2) is 34.2 Å². The molecule has 0 fully saturated rings. The number of hydrogen-bond donors (Lipinski definition) is 1. The third-order valence-electron chi connectivity index (χ3n) is 2.69. The second-order valence-electron chi connectivity index (χ2n) is 3.78. The van der Waals surface area contributed by atoms with Gasteiger partial charge in [0.15, 0.2) is 5.16 Å². The van der Waals surface area contributed by atoms with Crippen LogP contribution in [-0.2, 0) is 0 Å². The largest absolute Gasteiger partial charge is 0.497 e. The van der Waals surface area contributed by atoms with Gasteiger partial charge in [0.1, 0.15) is 5.75 Å². The van der Waals surface area contributed by atoms with E-state index in [9.17, 15) is 4.79 Å². The average molecular weight is 262 g/mol. The summed E-state index contributed by atoms with van der Waals surface area (Å²) in [6.07, 6.45) is 1.88. The second-order valence-corrected chi connectivity index (χ2v) is 4.57. The lowest BCUT2D eigenvalue weighted by Gasteiger charge is -2.07. The Morgan fingerprint density at radius 1 is 1.28 bits per heavy atom. The monoisotopic (exact) mass is 262 g/mol. The molecule has 18 heavy (non-hydrogen) atoms. The van der Waals surface area contributed by atoms with Gasteiger partial charge >= 0.3 is 0 Å². The molecule has 0 aliphatic heterocycles. The Morgan fingerprint density at radius 2 is 1.94 bits per heavy atom. The van der Waals surface area contributed by atoms with Crippen molar-refractivity contribution in [1.29, 1.82) is 0 Å². The van der Waals surface area contributed by atoms with Crippen molar-refractivity contribution in [2.75, 3.05) is 13.4 Å². The van der Waals surface area contributed by atoms with Crippen molar-refractivity contribution in [2.45, 2.75) is 12.1 Å². The molecular weight excluding hydrogens is 248 g/mol. The SMILES string of the molecule is COc1ccc(-c2nc(SC)[nH]c(=O)c2C)cc1. The van der Waals surface area contributed by atoms with Crippen LogP contribution in [0.5, 0.6) is 5.75 Å². The first-order valence-electron chi connectivity index (χ1n) is 5.45. The molecule has 5 heteroatoms. The molecule has 2 rings (SSSR count). The normalized spacial score (nSPS) is 10.4. The molecule has 2 aromatic rings. The van der Waals surface area contributed by atoms with E-state index in [0.29, 0.717) is 16.4 Å². The molecule has 0 bridgehead atoms. The minimum Gasteiger partial charge on any atom is -0.497 e. The summed E-state index contributed by atoms with van der Waals surface area (Å²) in [5.74, 6) is 0.784. The molecule has 0 saturated heterocycles. The quantitative estimate of drug-likeness (QED) is 0.682. The van der Waals surface area contributed by atoms with Gasteiger partial charge in [-0.2, -0.15) is 0 Å². The predicted molar refractivity (Wildman–Crippen MR) is 73.4 cm³/mol. The van der Waals surface area contributed by atoms with Gasteiger partial charge in [-0.3, -0.25) is 4.79 Å². The van der Waals surface area contributed by atoms with E-state index in [1.165, 1.54) is 11.8 Å². The molecule has 1 heterocycles. The van der Waals surface area contributed by atoms with Crippen molar-refractivity contribution in [3.05, 3.63) is 40.2 Å². The molecule has 0 spiro atoms. The Bertz CT molecular complexity index is 605. The summed E-state index contributed by atoms with van der Waals surface area (Å²) in [6, 6.07) is 7.52. The van der Waals surface area contributed by atoms with Crippen LogP contribution in [0.2, 0.25) is 0 Å². The summed E-state index contributed by atoms with van der Waals surface area (Å²) < 4.78 is 5.11. The number of aromatic amines is 1. The predicted octanol–water partition coefficient (Wildman–Crippen LogP) is 2.48. The molecule has 1 N–H and O–H groups in total. The van der Waals surface area contributed by atoms with Crippen LogP contribution in [0.25, 0.3) is 11.3 Å². The number of thioether (sulfide) groups is 1. The van der Waals surface area contributed by atoms with Crippen molar-refractivity contribution >= 4 is 11.8 Å². The maximum absolute atomic E-state index is 11.8. The van der Waals surface area contributed by atoms with Crippen LogP contribution >= 0.6 is 11.8 Å². The van der Waals surface area contributed by atoms with Gasteiger partial charge in [0, 0.05) is 11.1 Å². The molecule has 1 aromatic carbocycles. The number of ether oxygens (including phenoxy) is 1. The molecule has 0 saturated carbocycles. The summed E-state index contributed by atoms with van der Waals surface area (Å²) in [5, 5.41) is 0.622. The van der Waals surface area contributed by atoms with Gasteiger partial charge in [0.2, 0.25) is 0 Å². The third kappa shape index (κ3) is 2.41. The first-order chi connectivity index (χ1) is 8.65. The molecule has 94 valence electrons. The molecule has 0 amide bonds. The summed E-state index contributed by atoms with van der Waals surface area (Å²) in [6.45, 7) is 1.77. The highest BCUT2D eigenvalue weighted by Crippen LogP contribution is 2.23. The number of rotatable bonds is 3. The van der Waals surface area contributed by atoms with Crippen LogP contribution in [0.1, 0.15) is 5.56 Å². The van der Waals surface area contributed by atoms with Gasteiger partial charge in [-0.1, -0.05) is 11.8 Å². The second kappa shape index (κ2) is 5.27. The van der Waals surface area contributed by atoms with Crippen molar-refractivity contribution in [3.63, 3.8) is 0 Å². The zero-order valence-electron chi connectivity index (χ0n) is 10.5. The highest BCUT2D eigenvalue weighted by molar-refractivity contribution is 7.98. The minimum absolute atomic E-state index is 0.0971. The zero-order valence-corrected chi connectivity index (χ0v) is 11.3. The lowest BCUT2D eigenvalue weighted by atomic mass is 10.1. The summed E-state index contributed by atoms with van der Waals surface area (Å²) in [5.41, 5.74) is 2.15. The van der Waals surface area contributed by atoms with E-state index in [1.54, 1.807) is 14.0 Å². The van der Waals surface area contributed by atoms with E-state index in [0.717, 1.165) is 11.3 Å². The van der Waals surface area contributed by atoms with Crippen molar-refractivity contribution in [1.82, 2.24) is 9.97 Å². The Balaban J connectivity index is 2.55. The number of aromatic nitrogens is 2. The number of benzene rings is 1. The highest BCUT2D eigenvalue weighted by atomic mass is 32.2. The van der Waals surface area contributed by atoms with Gasteiger partial charge in [-0.25, -0.2) is 4.98 Å². The van der Waals surface area contributed by atoms with E-state index in [1.807, 2.05) is 30.5 Å². The molecule has 0 aliphatic carbocycles. The van der Waals surface area contributed by atoms with Crippen LogP contribution in [0, 0.1) is 6.92 Å². The van der Waals surface area contributed by atoms with Crippen LogP contribution in [0.4, 0.5) is 0 Å². The lowest BCUT2D eigenvalue weighted by molar-refractivity contribution is 0.415. The molecule has 0 aliphatic rings. The Morgan fingerprint density at radius 3 is 2.50 bits per heavy atom. The zero-order chi connectivity index (χ0) is 13.1. The van der Waals surface area contributed by atoms with Gasteiger partial charge in [-0.05, 0) is 37.4 Å². The first kappa shape index (κ1) is 12.7. The fraction of sp³-hybridized carbons (Fsp3) is 0.231. The summed E-state index contributed by atoms with van der Waals surface area (Å²) in [4.78, 5) is 19.0. The van der Waals surface area contributed by atoms with Gasteiger partial charge in [-0.15, -0.1) is 0 Å². The minimum atomic E-state index is -0.0971. The number of nitrogens with one attached hydrogen (secondary N) is 1. The topological polar surface area (TPSA) is 55.0 Å². The van der Waals surface area contributed by atoms with Crippen molar-refractivity contribution in [3.8, 4) is 17.0 Å². The fourth-order valence-corrected chi connectivity index (χ4v) is 2.02. The van der Waals surface area contributed by atoms with Gasteiger partial charge < -0.3 is 9.72 Å². The molecule has 0 unspecified atom stereocenters. The molecule has 0 radical (unpaired) electrons. The van der Waals surface area contributed by atoms with Gasteiger partial charge in [0.25, 0.3) is 5.56 Å². The Hall–Kier alpha value is -1.75. The van der Waals surface area contributed by atoms with Crippen molar-refractivity contribution < 1.29 is 4.74 Å². The highest BCUT2D eigenvalue weighted by Gasteiger charge is 2.09. The van der Waals surface area contributed by atoms with Gasteiger partial charge in [0.05, 0.1) is 12.8 Å². The van der Waals surface area contributed by atoms with E-state index in [4.69, 9.17) is 4.74 Å². The van der Waals surface area contributed by atoms with E-state index in [2.05, 4.69) is 9.97 Å². The standard InChI is InChI=1S/C13H14N2O2S/c1-8-11(14-13(18-3)15-12(8)16)9-4-6-10(17-2)7-5-9/h4-7H,1-3H3,(H,14,15,16). The van der Waals surface area contributed by atoms with Crippen LogP contribution < -0.4 is 10.3 Å². The van der Waals surface area contributed by atoms with Crippen LogP contribution in [-0.4, -0.2) is 23.3 Å². The molecule has 1 aromatic heterocycles. The lowest BCUT2D eigenvalue weighted by Crippen LogP contribution is -2.13. The smallest absolute Gasteiger partial charge is 0.255 e. The molecular formula is C13H14N2O2S. The van der Waals surface area contributed by atoms with Crippen molar-refractivity contribution in [2.24, 2.45) is 0 Å². The van der Waals surface area contributed by atoms with E-state index < -0.39 is 0 Å². The fourth-order valence-electron chi connectivity index (χ4n) is 1.64. The maximum Gasteiger partial charge on any atom is 0.255 e. The number of nitrogens with zero attached hydrogens (tertiary/aromatic N) is 1. The molecule has 0 atom stereocenters. The van der Waals surface area contributed by atoms with E-state index >= 15 is 0 Å². The summed E-state index contributed by atoms with van der Waals surface area (Å²) in [7, 11) is 1.62. The number of methoxy groups -OCH3 is 1. The number of H-pyrrole nitrogens is 1. The third-order valence-corrected chi connectivity index (χ3v) is 3.27. The Kier molecular flexibility index (Phi) is 3.72. The molecule has 4 nitrogen and oxygen atoms in total. The number of hydrogen-bond acceptors (Lipinski definition) is 4. The van der Waals surface area contributed by atoms with E-state index in [-0.39, 0.29) is 5.56 Å². The Labute approximate surface area is 109 Å².